The molecule has 104 valence electrons. The fraction of sp³-hybridized carbons (Fsp3) is 0.611. The summed E-state index contributed by atoms with van der Waals surface area (Å²) >= 11 is 0. The number of hydrogen-bond acceptors (Lipinski definition) is 1. The van der Waals surface area contributed by atoms with Crippen LogP contribution in [-0.4, -0.2) is 0 Å². The van der Waals surface area contributed by atoms with Crippen LogP contribution < -0.4 is 0 Å². The molecule has 0 saturated carbocycles. The van der Waals surface area contributed by atoms with Gasteiger partial charge < -0.3 is 0 Å². The van der Waals surface area contributed by atoms with Crippen molar-refractivity contribution >= 4 is 0 Å². The summed E-state index contributed by atoms with van der Waals surface area (Å²) in [5.41, 5.74) is 4.39. The Bertz CT molecular complexity index is 400. The van der Waals surface area contributed by atoms with Crippen molar-refractivity contribution in [3.05, 3.63) is 34.9 Å². The smallest absolute Gasteiger partial charge is 0.0659 e. The topological polar surface area (TPSA) is 23.8 Å². The van der Waals surface area contributed by atoms with Gasteiger partial charge in [0.1, 0.15) is 0 Å². The predicted molar refractivity (Wildman–Crippen MR) is 82.7 cm³/mol. The minimum absolute atomic E-state index is 0.266. The predicted octanol–water partition coefficient (Wildman–Crippen LogP) is 5.71. The number of hydrogen-bond donors (Lipinski definition) is 0. The molecule has 1 nitrogen and oxygen atoms in total. The molecule has 1 heteroatoms. The van der Waals surface area contributed by atoms with Crippen molar-refractivity contribution in [2.24, 2.45) is 5.92 Å². The quantitative estimate of drug-likeness (QED) is 0.559. The lowest BCUT2D eigenvalue weighted by molar-refractivity contribution is 0.561. The molecule has 0 radical (unpaired) electrons. The van der Waals surface area contributed by atoms with Crippen molar-refractivity contribution in [3.8, 4) is 6.07 Å². The lowest BCUT2D eigenvalue weighted by Crippen LogP contribution is -2.04. The van der Waals surface area contributed by atoms with E-state index in [9.17, 15) is 0 Å². The number of nitriles is 1. The molecule has 0 amide bonds. The average molecular weight is 257 g/mol. The number of rotatable bonds is 6. The van der Waals surface area contributed by atoms with E-state index in [1.54, 1.807) is 0 Å². The SMILES string of the molecule is CC(C)=CCC/C(C)=C/CCC1=CCCC(C#N)C1. The molecule has 0 heterocycles. The van der Waals surface area contributed by atoms with E-state index in [2.05, 4.69) is 45.1 Å². The van der Waals surface area contributed by atoms with Crippen LogP contribution in [0, 0.1) is 17.2 Å². The molecule has 1 unspecified atom stereocenters. The van der Waals surface area contributed by atoms with E-state index >= 15 is 0 Å². The highest BCUT2D eigenvalue weighted by Crippen LogP contribution is 2.26. The molecule has 19 heavy (non-hydrogen) atoms. The zero-order valence-electron chi connectivity index (χ0n) is 12.7. The fourth-order valence-electron chi connectivity index (χ4n) is 2.50. The second-order valence-corrected chi connectivity index (χ2v) is 5.88. The molecule has 0 aromatic carbocycles. The third-order valence-corrected chi connectivity index (χ3v) is 3.69. The van der Waals surface area contributed by atoms with E-state index in [-0.39, 0.29) is 5.92 Å². The van der Waals surface area contributed by atoms with Gasteiger partial charge in [-0.25, -0.2) is 0 Å². The fourth-order valence-corrected chi connectivity index (χ4v) is 2.50. The van der Waals surface area contributed by atoms with Crippen LogP contribution in [0.15, 0.2) is 34.9 Å². The maximum atomic E-state index is 8.97. The van der Waals surface area contributed by atoms with Gasteiger partial charge >= 0.3 is 0 Å². The minimum atomic E-state index is 0.266. The van der Waals surface area contributed by atoms with Crippen LogP contribution in [0.3, 0.4) is 0 Å². The standard InChI is InChI=1S/C18H27N/c1-15(2)7-4-8-16(3)9-5-10-17-11-6-12-18(13-17)14-19/h7,9,11,18H,4-6,8,10,12-13H2,1-3H3/b16-9+. The average Bonchev–Trinajstić information content (AvgIpc) is 2.38. The van der Waals surface area contributed by atoms with Gasteiger partial charge in [0, 0.05) is 0 Å². The van der Waals surface area contributed by atoms with Crippen molar-refractivity contribution < 1.29 is 0 Å². The van der Waals surface area contributed by atoms with E-state index in [1.165, 1.54) is 23.1 Å². The molecule has 0 aromatic rings. The van der Waals surface area contributed by atoms with Crippen molar-refractivity contribution in [3.63, 3.8) is 0 Å². The first-order valence-corrected chi connectivity index (χ1v) is 7.48. The lowest BCUT2D eigenvalue weighted by atomic mass is 9.88. The van der Waals surface area contributed by atoms with Crippen LogP contribution in [0.2, 0.25) is 0 Å². The molecular weight excluding hydrogens is 230 g/mol. The van der Waals surface area contributed by atoms with Gasteiger partial charge in [0.05, 0.1) is 12.0 Å². The Labute approximate surface area is 118 Å². The third-order valence-electron chi connectivity index (χ3n) is 3.69. The summed E-state index contributed by atoms with van der Waals surface area (Å²) in [6.45, 7) is 6.53. The van der Waals surface area contributed by atoms with Gasteiger partial charge in [0.15, 0.2) is 0 Å². The largest absolute Gasteiger partial charge is 0.198 e. The second-order valence-electron chi connectivity index (χ2n) is 5.88. The first-order valence-electron chi connectivity index (χ1n) is 7.48. The van der Waals surface area contributed by atoms with E-state index in [1.807, 2.05) is 0 Å². The zero-order valence-corrected chi connectivity index (χ0v) is 12.7. The van der Waals surface area contributed by atoms with Crippen LogP contribution in [0.25, 0.3) is 0 Å². The van der Waals surface area contributed by atoms with E-state index in [4.69, 9.17) is 5.26 Å². The van der Waals surface area contributed by atoms with Gasteiger partial charge in [-0.05, 0) is 65.7 Å². The van der Waals surface area contributed by atoms with Crippen molar-refractivity contribution in [2.75, 3.05) is 0 Å². The molecule has 0 fully saturated rings. The summed E-state index contributed by atoms with van der Waals surface area (Å²) in [5.74, 6) is 0.266. The molecule has 0 bridgehead atoms. The molecule has 0 aliphatic heterocycles. The molecule has 1 atom stereocenters. The summed E-state index contributed by atoms with van der Waals surface area (Å²) < 4.78 is 0. The summed E-state index contributed by atoms with van der Waals surface area (Å²) in [6.07, 6.45) is 14.8. The van der Waals surface area contributed by atoms with Crippen LogP contribution in [-0.2, 0) is 0 Å². The van der Waals surface area contributed by atoms with Crippen molar-refractivity contribution in [1.29, 1.82) is 5.26 Å². The van der Waals surface area contributed by atoms with Gasteiger partial charge in [-0.1, -0.05) is 34.9 Å². The van der Waals surface area contributed by atoms with E-state index in [0.29, 0.717) is 0 Å². The van der Waals surface area contributed by atoms with E-state index in [0.717, 1.165) is 38.5 Å². The van der Waals surface area contributed by atoms with Crippen LogP contribution in [0.4, 0.5) is 0 Å². The van der Waals surface area contributed by atoms with Gasteiger partial charge in [-0.2, -0.15) is 5.26 Å². The van der Waals surface area contributed by atoms with Crippen molar-refractivity contribution in [2.45, 2.75) is 65.7 Å². The zero-order chi connectivity index (χ0) is 14.1. The van der Waals surface area contributed by atoms with Crippen LogP contribution >= 0.6 is 0 Å². The summed E-state index contributed by atoms with van der Waals surface area (Å²) in [4.78, 5) is 0. The maximum Gasteiger partial charge on any atom is 0.0659 e. The highest BCUT2D eigenvalue weighted by atomic mass is 14.3. The third kappa shape index (κ3) is 7.01. The Kier molecular flexibility index (Phi) is 7.26. The monoisotopic (exact) mass is 257 g/mol. The Morgan fingerprint density at radius 3 is 2.79 bits per heavy atom. The molecule has 1 aliphatic carbocycles. The second kappa shape index (κ2) is 8.75. The minimum Gasteiger partial charge on any atom is -0.198 e. The normalized spacial score (nSPS) is 19.6. The first kappa shape index (κ1) is 15.8. The Morgan fingerprint density at radius 2 is 2.11 bits per heavy atom. The Hall–Kier alpha value is -1.29. The number of allylic oxidation sites excluding steroid dienone is 6. The number of nitrogens with zero attached hydrogens (tertiary/aromatic N) is 1. The molecular formula is C18H27N. The molecule has 1 rings (SSSR count). The van der Waals surface area contributed by atoms with Gasteiger partial charge in [0.2, 0.25) is 0 Å². The molecule has 1 aliphatic rings. The summed E-state index contributed by atoms with van der Waals surface area (Å²) in [7, 11) is 0. The van der Waals surface area contributed by atoms with Crippen LogP contribution in [0.1, 0.15) is 65.7 Å². The van der Waals surface area contributed by atoms with Crippen LogP contribution in [0.5, 0.6) is 0 Å². The highest BCUT2D eigenvalue weighted by Gasteiger charge is 2.13. The summed E-state index contributed by atoms with van der Waals surface area (Å²) in [5, 5.41) is 8.97. The van der Waals surface area contributed by atoms with Gasteiger partial charge in [-0.3, -0.25) is 0 Å². The highest BCUT2D eigenvalue weighted by molar-refractivity contribution is 5.12. The molecule has 0 spiro atoms. The maximum absolute atomic E-state index is 8.97. The first-order chi connectivity index (χ1) is 9.11. The Balaban J connectivity index is 2.27. The van der Waals surface area contributed by atoms with Gasteiger partial charge in [-0.15, -0.1) is 0 Å². The van der Waals surface area contributed by atoms with Crippen molar-refractivity contribution in [1.82, 2.24) is 0 Å². The van der Waals surface area contributed by atoms with Gasteiger partial charge in [0.25, 0.3) is 0 Å². The Morgan fingerprint density at radius 1 is 1.32 bits per heavy atom. The molecule has 0 saturated heterocycles. The molecule has 0 aromatic heterocycles. The lowest BCUT2D eigenvalue weighted by Gasteiger charge is -2.16. The summed E-state index contributed by atoms with van der Waals surface area (Å²) in [6, 6.07) is 2.41. The molecule has 0 N–H and O–H groups in total. The van der Waals surface area contributed by atoms with E-state index < -0.39 is 0 Å².